The van der Waals surface area contributed by atoms with Crippen LogP contribution in [0.2, 0.25) is 0 Å². The summed E-state index contributed by atoms with van der Waals surface area (Å²) in [5, 5.41) is 2.60. The molecule has 9 heteroatoms. The minimum absolute atomic E-state index is 0. The first-order valence-corrected chi connectivity index (χ1v) is 6.21. The summed E-state index contributed by atoms with van der Waals surface area (Å²) in [5.74, 6) is -0.927. The molecule has 0 aromatic heterocycles. The van der Waals surface area contributed by atoms with Gasteiger partial charge in [-0.2, -0.15) is 0 Å². The summed E-state index contributed by atoms with van der Waals surface area (Å²) in [7, 11) is 0. The SMILES string of the molecule is Cl.NC(=O)[C@@H](CCCN=C(N)N)NC(=O)c1ccccc1.O. The first-order chi connectivity index (χ1) is 9.50. The number of rotatable bonds is 7. The number of aliphatic imine (C=N–C) groups is 1. The maximum atomic E-state index is 11.9. The van der Waals surface area contributed by atoms with Gasteiger partial charge < -0.3 is 28.0 Å². The van der Waals surface area contributed by atoms with E-state index in [1.165, 1.54) is 0 Å². The van der Waals surface area contributed by atoms with Gasteiger partial charge in [-0.3, -0.25) is 14.6 Å². The van der Waals surface area contributed by atoms with Gasteiger partial charge in [0.2, 0.25) is 5.91 Å². The fourth-order valence-electron chi connectivity index (χ4n) is 1.62. The number of nitrogens with two attached hydrogens (primary N) is 3. The van der Waals surface area contributed by atoms with Crippen LogP contribution >= 0.6 is 12.4 Å². The van der Waals surface area contributed by atoms with Crippen LogP contribution in [0.1, 0.15) is 23.2 Å². The lowest BCUT2D eigenvalue weighted by Crippen LogP contribution is -2.44. The largest absolute Gasteiger partial charge is 0.412 e. The lowest BCUT2D eigenvalue weighted by atomic mass is 10.1. The highest BCUT2D eigenvalue weighted by atomic mass is 35.5. The van der Waals surface area contributed by atoms with Gasteiger partial charge in [-0.15, -0.1) is 12.4 Å². The van der Waals surface area contributed by atoms with Gasteiger partial charge in [0.05, 0.1) is 0 Å². The number of benzene rings is 1. The highest BCUT2D eigenvalue weighted by Gasteiger charge is 2.18. The number of primary amides is 1. The van der Waals surface area contributed by atoms with E-state index in [1.807, 2.05) is 0 Å². The second kappa shape index (κ2) is 11.4. The van der Waals surface area contributed by atoms with Crippen molar-refractivity contribution in [3.05, 3.63) is 35.9 Å². The Morgan fingerprint density at radius 2 is 1.73 bits per heavy atom. The monoisotopic (exact) mass is 331 g/mol. The first-order valence-electron chi connectivity index (χ1n) is 6.21. The Kier molecular flexibility index (Phi) is 11.3. The molecule has 0 unspecified atom stereocenters. The van der Waals surface area contributed by atoms with Gasteiger partial charge >= 0.3 is 0 Å². The standard InChI is InChI=1S/C13H19N5O2.ClH.H2O/c14-11(19)10(7-4-8-17-13(15)16)18-12(20)9-5-2-1-3-6-9;;/h1-3,5-6,10H,4,7-8H2,(H2,14,19)(H,18,20)(H4,15,16,17);1H;1H2/t10-;;/m1../s1. The van der Waals surface area contributed by atoms with Crippen molar-refractivity contribution < 1.29 is 15.1 Å². The molecule has 0 saturated heterocycles. The number of nitrogens with zero attached hydrogens (tertiary/aromatic N) is 1. The summed E-state index contributed by atoms with van der Waals surface area (Å²) in [6, 6.07) is 7.87. The summed E-state index contributed by atoms with van der Waals surface area (Å²) < 4.78 is 0. The topological polar surface area (TPSA) is 168 Å². The van der Waals surface area contributed by atoms with E-state index in [2.05, 4.69) is 10.3 Å². The lowest BCUT2D eigenvalue weighted by molar-refractivity contribution is -0.120. The van der Waals surface area contributed by atoms with E-state index >= 15 is 0 Å². The Bertz CT molecular complexity index is 492. The van der Waals surface area contributed by atoms with E-state index in [1.54, 1.807) is 30.3 Å². The number of halogens is 1. The molecule has 1 rings (SSSR count). The van der Waals surface area contributed by atoms with E-state index in [0.717, 1.165) is 0 Å². The highest BCUT2D eigenvalue weighted by molar-refractivity contribution is 5.97. The molecule has 22 heavy (non-hydrogen) atoms. The number of carbonyl (C=O) groups excluding carboxylic acids is 2. The van der Waals surface area contributed by atoms with Crippen molar-refractivity contribution >= 4 is 30.2 Å². The first kappa shape index (κ1) is 22.0. The minimum Gasteiger partial charge on any atom is -0.412 e. The molecule has 0 radical (unpaired) electrons. The van der Waals surface area contributed by atoms with Gasteiger partial charge in [0.1, 0.15) is 6.04 Å². The zero-order valence-electron chi connectivity index (χ0n) is 12.0. The third-order valence-electron chi connectivity index (χ3n) is 2.63. The van der Waals surface area contributed by atoms with E-state index in [-0.39, 0.29) is 29.7 Å². The number of hydrogen-bond donors (Lipinski definition) is 4. The summed E-state index contributed by atoms with van der Waals surface area (Å²) in [6.45, 7) is 0.382. The zero-order valence-corrected chi connectivity index (χ0v) is 12.8. The van der Waals surface area contributed by atoms with Crippen molar-refractivity contribution in [1.82, 2.24) is 5.32 Å². The molecule has 0 heterocycles. The maximum absolute atomic E-state index is 11.9. The third kappa shape index (κ3) is 8.08. The van der Waals surface area contributed by atoms with Gasteiger partial charge in [-0.1, -0.05) is 18.2 Å². The Morgan fingerprint density at radius 1 is 1.14 bits per heavy atom. The molecule has 9 N–H and O–H groups in total. The lowest BCUT2D eigenvalue weighted by Gasteiger charge is -2.14. The summed E-state index contributed by atoms with van der Waals surface area (Å²) in [6.07, 6.45) is 0.922. The van der Waals surface area contributed by atoms with Gasteiger partial charge in [0.25, 0.3) is 5.91 Å². The normalized spacial score (nSPS) is 10.4. The smallest absolute Gasteiger partial charge is 0.251 e. The maximum Gasteiger partial charge on any atom is 0.251 e. The molecular weight excluding hydrogens is 310 g/mol. The van der Waals surface area contributed by atoms with Gasteiger partial charge in [-0.05, 0) is 25.0 Å². The zero-order chi connectivity index (χ0) is 15.0. The Labute approximate surface area is 134 Å². The van der Waals surface area contributed by atoms with Crippen molar-refractivity contribution in [2.45, 2.75) is 18.9 Å². The van der Waals surface area contributed by atoms with Crippen molar-refractivity contribution in [2.24, 2.45) is 22.2 Å². The molecule has 0 spiro atoms. The number of hydrogen-bond acceptors (Lipinski definition) is 3. The van der Waals surface area contributed by atoms with E-state index in [4.69, 9.17) is 17.2 Å². The molecule has 1 atom stereocenters. The van der Waals surface area contributed by atoms with Crippen LogP contribution in [0.15, 0.2) is 35.3 Å². The summed E-state index contributed by atoms with van der Waals surface area (Å²) in [5.41, 5.74) is 16.1. The van der Waals surface area contributed by atoms with Crippen LogP contribution in [-0.4, -0.2) is 35.8 Å². The fourth-order valence-corrected chi connectivity index (χ4v) is 1.62. The minimum atomic E-state index is -0.739. The van der Waals surface area contributed by atoms with E-state index in [9.17, 15) is 9.59 Å². The predicted molar refractivity (Wildman–Crippen MR) is 87.7 cm³/mol. The van der Waals surface area contributed by atoms with Crippen molar-refractivity contribution in [3.63, 3.8) is 0 Å². The van der Waals surface area contributed by atoms with E-state index < -0.39 is 11.9 Å². The molecule has 8 nitrogen and oxygen atoms in total. The van der Waals surface area contributed by atoms with Crippen LogP contribution < -0.4 is 22.5 Å². The summed E-state index contributed by atoms with van der Waals surface area (Å²) >= 11 is 0. The molecule has 0 bridgehead atoms. The number of guanidine groups is 1. The Balaban J connectivity index is 0. The molecule has 2 amide bonds. The van der Waals surface area contributed by atoms with Crippen LogP contribution in [-0.2, 0) is 4.79 Å². The molecule has 1 aromatic carbocycles. The van der Waals surface area contributed by atoms with Gasteiger partial charge in [0, 0.05) is 12.1 Å². The van der Waals surface area contributed by atoms with Crippen molar-refractivity contribution in [1.29, 1.82) is 0 Å². The van der Waals surface area contributed by atoms with Crippen molar-refractivity contribution in [3.8, 4) is 0 Å². The second-order valence-electron chi connectivity index (χ2n) is 4.24. The average molecular weight is 332 g/mol. The fraction of sp³-hybridized carbons (Fsp3) is 0.308. The molecule has 0 aliphatic heterocycles. The summed E-state index contributed by atoms with van der Waals surface area (Å²) in [4.78, 5) is 27.0. The van der Waals surface area contributed by atoms with Gasteiger partial charge in [0.15, 0.2) is 5.96 Å². The highest BCUT2D eigenvalue weighted by Crippen LogP contribution is 2.02. The van der Waals surface area contributed by atoms with Crippen LogP contribution in [0.5, 0.6) is 0 Å². The molecule has 124 valence electrons. The Morgan fingerprint density at radius 3 is 2.23 bits per heavy atom. The average Bonchev–Trinajstić information content (AvgIpc) is 2.42. The quantitative estimate of drug-likeness (QED) is 0.283. The molecule has 0 aliphatic carbocycles. The van der Waals surface area contributed by atoms with E-state index in [0.29, 0.717) is 24.9 Å². The molecular formula is C13H22ClN5O3. The number of amides is 2. The molecule has 1 aromatic rings. The van der Waals surface area contributed by atoms with Crippen molar-refractivity contribution in [2.75, 3.05) is 6.54 Å². The molecule has 0 saturated carbocycles. The second-order valence-corrected chi connectivity index (χ2v) is 4.24. The Hall–Kier alpha value is -2.32. The molecule has 0 fully saturated rings. The van der Waals surface area contributed by atoms with Crippen LogP contribution in [0.25, 0.3) is 0 Å². The van der Waals surface area contributed by atoms with Crippen LogP contribution in [0.3, 0.4) is 0 Å². The third-order valence-corrected chi connectivity index (χ3v) is 2.63. The van der Waals surface area contributed by atoms with Crippen LogP contribution in [0.4, 0.5) is 0 Å². The molecule has 0 aliphatic rings. The van der Waals surface area contributed by atoms with Crippen LogP contribution in [0, 0.1) is 0 Å². The number of carbonyl (C=O) groups is 2. The predicted octanol–water partition coefficient (Wildman–Crippen LogP) is -1.08. The van der Waals surface area contributed by atoms with Gasteiger partial charge in [-0.25, -0.2) is 0 Å². The number of nitrogens with one attached hydrogen (secondary N) is 1.